The molecule has 0 fully saturated rings. The predicted octanol–water partition coefficient (Wildman–Crippen LogP) is 2.34. The highest BCUT2D eigenvalue weighted by Crippen LogP contribution is 2.21. The highest BCUT2D eigenvalue weighted by molar-refractivity contribution is 7.08. The number of rotatable bonds is 3. The lowest BCUT2D eigenvalue weighted by Gasteiger charge is -2.23. The molecule has 4 heterocycles. The summed E-state index contributed by atoms with van der Waals surface area (Å²) in [6, 6.07) is 14.5. The molecule has 0 saturated heterocycles. The maximum atomic E-state index is 4.34. The van der Waals surface area contributed by atoms with E-state index in [1.807, 2.05) is 53.5 Å². The van der Waals surface area contributed by atoms with E-state index in [-0.39, 0.29) is 0 Å². The Morgan fingerprint density at radius 2 is 1.89 bits per heavy atom. The molecule has 1 aliphatic rings. The first kappa shape index (κ1) is 15.8. The number of hydrazine groups is 1. The van der Waals surface area contributed by atoms with Gasteiger partial charge in [-0.1, -0.05) is 12.1 Å². The van der Waals surface area contributed by atoms with Crippen LogP contribution in [0.1, 0.15) is 5.56 Å². The molecule has 5 nitrogen and oxygen atoms in total. The molecule has 0 amide bonds. The van der Waals surface area contributed by atoms with E-state index in [2.05, 4.69) is 51.4 Å². The highest BCUT2D eigenvalue weighted by Gasteiger charge is 2.14. The van der Waals surface area contributed by atoms with Gasteiger partial charge >= 0.3 is 0 Å². The van der Waals surface area contributed by atoms with Crippen molar-refractivity contribution in [3.05, 3.63) is 87.9 Å². The molecule has 4 aromatic rings. The second-order valence-electron chi connectivity index (χ2n) is 6.36. The molecule has 3 aromatic heterocycles. The molecule has 0 bridgehead atoms. The van der Waals surface area contributed by atoms with E-state index in [0.717, 1.165) is 16.9 Å². The zero-order chi connectivity index (χ0) is 18.2. The molecule has 1 N–H and O–H groups in total. The summed E-state index contributed by atoms with van der Waals surface area (Å²) in [7, 11) is 2.02. The average Bonchev–Trinajstić information content (AvgIpc) is 3.38. The molecule has 0 radical (unpaired) electrons. The van der Waals surface area contributed by atoms with E-state index in [4.69, 9.17) is 0 Å². The number of fused-ring (bicyclic) bond motifs is 1. The quantitative estimate of drug-likeness (QED) is 0.601. The molecule has 27 heavy (non-hydrogen) atoms. The molecule has 0 atom stereocenters. The highest BCUT2D eigenvalue weighted by atomic mass is 32.1. The van der Waals surface area contributed by atoms with Gasteiger partial charge in [0.05, 0.1) is 15.9 Å². The second kappa shape index (κ2) is 6.41. The molecular formula is C21H17N5S. The number of thiophene rings is 1. The van der Waals surface area contributed by atoms with Gasteiger partial charge in [-0.05, 0) is 41.3 Å². The van der Waals surface area contributed by atoms with Crippen molar-refractivity contribution in [3.63, 3.8) is 0 Å². The summed E-state index contributed by atoms with van der Waals surface area (Å²) in [5.41, 5.74) is 9.15. The molecule has 6 heteroatoms. The topological polar surface area (TPSA) is 46.0 Å². The van der Waals surface area contributed by atoms with E-state index < -0.39 is 0 Å². The first-order valence-corrected chi connectivity index (χ1v) is 9.51. The molecule has 0 spiro atoms. The van der Waals surface area contributed by atoms with Gasteiger partial charge in [0, 0.05) is 54.4 Å². The molecular weight excluding hydrogens is 354 g/mol. The van der Waals surface area contributed by atoms with Crippen LogP contribution in [0.4, 0.5) is 0 Å². The van der Waals surface area contributed by atoms with Crippen LogP contribution < -0.4 is 15.2 Å². The molecule has 132 valence electrons. The third-order valence-electron chi connectivity index (χ3n) is 4.56. The fraction of sp³-hybridized carbons (Fsp3) is 0.0476. The average molecular weight is 371 g/mol. The van der Waals surface area contributed by atoms with Gasteiger partial charge in [-0.2, -0.15) is 5.10 Å². The normalized spacial score (nSPS) is 13.1. The zero-order valence-corrected chi connectivity index (χ0v) is 15.5. The number of nitrogens with zero attached hydrogens (tertiary/aromatic N) is 4. The van der Waals surface area contributed by atoms with Gasteiger partial charge in [-0.15, -0.1) is 11.3 Å². The first-order valence-electron chi connectivity index (χ1n) is 8.63. The lowest BCUT2D eigenvalue weighted by molar-refractivity contribution is 0.431. The number of aromatic nitrogens is 3. The summed E-state index contributed by atoms with van der Waals surface area (Å²) >= 11 is 1.75. The predicted molar refractivity (Wildman–Crippen MR) is 108 cm³/mol. The number of nitrogens with one attached hydrogen (secondary N) is 1. The molecule has 0 aliphatic carbocycles. The Balaban J connectivity index is 1.70. The fourth-order valence-electron chi connectivity index (χ4n) is 3.32. The lowest BCUT2D eigenvalue weighted by Crippen LogP contribution is -2.42. The van der Waals surface area contributed by atoms with Gasteiger partial charge in [0.25, 0.3) is 0 Å². The van der Waals surface area contributed by atoms with Crippen LogP contribution in [0.25, 0.3) is 28.7 Å². The van der Waals surface area contributed by atoms with E-state index >= 15 is 0 Å². The van der Waals surface area contributed by atoms with Crippen molar-refractivity contribution in [1.29, 1.82) is 0 Å². The number of hydrogen-bond acceptors (Lipinski definition) is 5. The van der Waals surface area contributed by atoms with E-state index in [1.165, 1.54) is 20.9 Å². The van der Waals surface area contributed by atoms with Crippen LogP contribution in [-0.2, 0) is 0 Å². The van der Waals surface area contributed by atoms with Crippen molar-refractivity contribution >= 4 is 23.2 Å². The van der Waals surface area contributed by atoms with Crippen LogP contribution in [-0.4, -0.2) is 26.8 Å². The number of pyridine rings is 1. The van der Waals surface area contributed by atoms with Crippen molar-refractivity contribution in [2.75, 3.05) is 7.05 Å². The van der Waals surface area contributed by atoms with E-state index in [1.54, 1.807) is 17.5 Å². The van der Waals surface area contributed by atoms with Crippen molar-refractivity contribution in [2.24, 2.45) is 0 Å². The van der Waals surface area contributed by atoms with Crippen molar-refractivity contribution in [1.82, 2.24) is 25.2 Å². The fourth-order valence-corrected chi connectivity index (χ4v) is 4.39. The Morgan fingerprint density at radius 1 is 1.00 bits per heavy atom. The summed E-state index contributed by atoms with van der Waals surface area (Å²) in [5, 5.41) is 9.80. The molecule has 1 aromatic carbocycles. The summed E-state index contributed by atoms with van der Waals surface area (Å²) in [4.78, 5) is 4.13. The van der Waals surface area contributed by atoms with Crippen molar-refractivity contribution < 1.29 is 0 Å². The SMILES string of the molecule is CN1C=c2c(-c3cccc(-n4cccn4)c3)csc2=C(c2ccncc2)N1. The van der Waals surface area contributed by atoms with E-state index in [0.29, 0.717) is 0 Å². The second-order valence-corrected chi connectivity index (χ2v) is 7.24. The maximum Gasteiger partial charge on any atom is 0.0794 e. The Hall–Kier alpha value is -3.38. The zero-order valence-electron chi connectivity index (χ0n) is 14.7. The Labute approximate surface area is 160 Å². The van der Waals surface area contributed by atoms with Gasteiger partial charge in [0.15, 0.2) is 0 Å². The van der Waals surface area contributed by atoms with Gasteiger partial charge in [0.1, 0.15) is 0 Å². The monoisotopic (exact) mass is 371 g/mol. The summed E-state index contributed by atoms with van der Waals surface area (Å²) in [6.45, 7) is 0. The summed E-state index contributed by atoms with van der Waals surface area (Å²) in [5.74, 6) is 0. The van der Waals surface area contributed by atoms with Crippen LogP contribution in [0, 0.1) is 0 Å². The molecule has 0 saturated carbocycles. The standard InChI is InChI=1S/C21H17N5S/c1-25-13-18-19(16-4-2-5-17(12-16)26-11-3-8-23-26)14-27-21(18)20(24-25)15-6-9-22-10-7-15/h2-14,24H,1H3. The molecule has 0 unspecified atom stereocenters. The van der Waals surface area contributed by atoms with E-state index in [9.17, 15) is 0 Å². The van der Waals surface area contributed by atoms with Gasteiger partial charge in [0.2, 0.25) is 0 Å². The number of benzene rings is 1. The first-order chi connectivity index (χ1) is 13.3. The van der Waals surface area contributed by atoms with Crippen LogP contribution in [0.5, 0.6) is 0 Å². The Morgan fingerprint density at radius 3 is 2.70 bits per heavy atom. The summed E-state index contributed by atoms with van der Waals surface area (Å²) < 4.78 is 3.12. The van der Waals surface area contributed by atoms with Crippen LogP contribution in [0.15, 0.2) is 72.6 Å². The third-order valence-corrected chi connectivity index (χ3v) is 5.58. The van der Waals surface area contributed by atoms with Gasteiger partial charge in [-0.3, -0.25) is 15.4 Å². The summed E-state index contributed by atoms with van der Waals surface area (Å²) in [6.07, 6.45) is 9.55. The maximum absolute atomic E-state index is 4.34. The molecule has 5 rings (SSSR count). The van der Waals surface area contributed by atoms with Gasteiger partial charge < -0.3 is 0 Å². The van der Waals surface area contributed by atoms with Crippen molar-refractivity contribution in [2.45, 2.75) is 0 Å². The van der Waals surface area contributed by atoms with Crippen LogP contribution in [0.2, 0.25) is 0 Å². The van der Waals surface area contributed by atoms with Crippen LogP contribution >= 0.6 is 11.3 Å². The van der Waals surface area contributed by atoms with Crippen LogP contribution in [0.3, 0.4) is 0 Å². The minimum Gasteiger partial charge on any atom is -0.297 e. The smallest absolute Gasteiger partial charge is 0.0794 e. The minimum absolute atomic E-state index is 1.05. The third kappa shape index (κ3) is 2.80. The molecule has 1 aliphatic heterocycles. The van der Waals surface area contributed by atoms with Crippen molar-refractivity contribution in [3.8, 4) is 16.8 Å². The number of hydrogen-bond donors (Lipinski definition) is 1. The Kier molecular flexibility index (Phi) is 3.76. The lowest BCUT2D eigenvalue weighted by atomic mass is 10.1. The largest absolute Gasteiger partial charge is 0.297 e. The minimum atomic E-state index is 1.05. The Bertz CT molecular complexity index is 1210. The van der Waals surface area contributed by atoms with Gasteiger partial charge in [-0.25, -0.2) is 4.68 Å².